The van der Waals surface area contributed by atoms with Gasteiger partial charge in [0.15, 0.2) is 6.10 Å². The van der Waals surface area contributed by atoms with Crippen molar-refractivity contribution in [1.29, 1.82) is 0 Å². The van der Waals surface area contributed by atoms with E-state index in [1.807, 2.05) is 19.1 Å². The SMILES string of the molecule is COc1ccc(C)cc1[C@H](C)NC(=O)N(C)C[C@H](O)C(F)(F)F. The molecule has 0 radical (unpaired) electrons. The van der Waals surface area contributed by atoms with Crippen LogP contribution in [-0.4, -0.2) is 49.0 Å². The molecule has 1 aromatic rings. The molecule has 0 aliphatic rings. The molecule has 0 aliphatic carbocycles. The van der Waals surface area contributed by atoms with Gasteiger partial charge in [0.05, 0.1) is 19.7 Å². The Morgan fingerprint density at radius 1 is 1.43 bits per heavy atom. The van der Waals surface area contributed by atoms with E-state index in [0.717, 1.165) is 10.5 Å². The first-order valence-electron chi connectivity index (χ1n) is 6.97. The molecule has 0 aromatic heterocycles. The van der Waals surface area contributed by atoms with Gasteiger partial charge < -0.3 is 20.1 Å². The number of carbonyl (C=O) groups is 1. The monoisotopic (exact) mass is 334 g/mol. The molecule has 0 spiro atoms. The van der Waals surface area contributed by atoms with Crippen molar-refractivity contribution in [3.8, 4) is 5.75 Å². The third kappa shape index (κ3) is 5.31. The minimum absolute atomic E-state index is 0.470. The summed E-state index contributed by atoms with van der Waals surface area (Å²) in [5, 5.41) is 11.6. The largest absolute Gasteiger partial charge is 0.496 e. The Morgan fingerprint density at radius 3 is 2.57 bits per heavy atom. The van der Waals surface area contributed by atoms with Crippen molar-refractivity contribution in [1.82, 2.24) is 10.2 Å². The van der Waals surface area contributed by atoms with Gasteiger partial charge in [0.2, 0.25) is 0 Å². The van der Waals surface area contributed by atoms with Crippen molar-refractivity contribution >= 4 is 6.03 Å². The fourth-order valence-electron chi connectivity index (χ4n) is 2.01. The first-order valence-corrected chi connectivity index (χ1v) is 6.97. The zero-order valence-corrected chi connectivity index (χ0v) is 13.4. The molecule has 0 unspecified atom stereocenters. The molecule has 0 fully saturated rings. The van der Waals surface area contributed by atoms with E-state index in [1.165, 1.54) is 14.2 Å². The van der Waals surface area contributed by atoms with Gasteiger partial charge in [-0.2, -0.15) is 13.2 Å². The molecule has 5 nitrogen and oxygen atoms in total. The van der Waals surface area contributed by atoms with Crippen LogP contribution in [-0.2, 0) is 0 Å². The lowest BCUT2D eigenvalue weighted by Gasteiger charge is -2.25. The molecular weight excluding hydrogens is 313 g/mol. The molecule has 23 heavy (non-hydrogen) atoms. The van der Waals surface area contributed by atoms with Crippen molar-refractivity contribution in [2.75, 3.05) is 20.7 Å². The number of likely N-dealkylation sites (N-methyl/N-ethyl adjacent to an activating group) is 1. The topological polar surface area (TPSA) is 61.8 Å². The third-order valence-electron chi connectivity index (χ3n) is 3.36. The maximum Gasteiger partial charge on any atom is 0.416 e. The van der Waals surface area contributed by atoms with E-state index in [0.29, 0.717) is 11.3 Å². The van der Waals surface area contributed by atoms with Crippen LogP contribution in [0.5, 0.6) is 5.75 Å². The number of hydrogen-bond donors (Lipinski definition) is 2. The van der Waals surface area contributed by atoms with E-state index in [9.17, 15) is 18.0 Å². The van der Waals surface area contributed by atoms with Crippen LogP contribution in [0.25, 0.3) is 0 Å². The second kappa shape index (κ2) is 7.54. The molecule has 1 aromatic carbocycles. The van der Waals surface area contributed by atoms with E-state index in [2.05, 4.69) is 5.32 Å². The van der Waals surface area contributed by atoms with Crippen LogP contribution in [0.2, 0.25) is 0 Å². The highest BCUT2D eigenvalue weighted by atomic mass is 19.4. The maximum atomic E-state index is 12.3. The molecule has 2 N–H and O–H groups in total. The number of aliphatic hydroxyl groups is 1. The molecule has 2 amide bonds. The number of carbonyl (C=O) groups excluding carboxylic acids is 1. The average Bonchev–Trinajstić information content (AvgIpc) is 2.45. The Kier molecular flexibility index (Phi) is 6.26. The number of alkyl halides is 3. The van der Waals surface area contributed by atoms with Crippen molar-refractivity contribution in [3.63, 3.8) is 0 Å². The number of amides is 2. The van der Waals surface area contributed by atoms with Crippen LogP contribution in [0.4, 0.5) is 18.0 Å². The number of nitrogens with one attached hydrogen (secondary N) is 1. The lowest BCUT2D eigenvalue weighted by Crippen LogP contribution is -2.46. The van der Waals surface area contributed by atoms with Gasteiger partial charge in [-0.25, -0.2) is 4.79 Å². The number of urea groups is 1. The Balaban J connectivity index is 2.75. The number of hydrogen-bond acceptors (Lipinski definition) is 3. The molecule has 0 saturated carbocycles. The Labute approximate surface area is 133 Å². The van der Waals surface area contributed by atoms with Crippen molar-refractivity contribution < 1.29 is 27.8 Å². The summed E-state index contributed by atoms with van der Waals surface area (Å²) in [4.78, 5) is 12.8. The normalized spacial score (nSPS) is 14.1. The van der Waals surface area contributed by atoms with Gasteiger partial charge in [-0.1, -0.05) is 17.7 Å². The summed E-state index contributed by atoms with van der Waals surface area (Å²) in [5.41, 5.74) is 1.67. The minimum atomic E-state index is -4.76. The number of methoxy groups -OCH3 is 1. The zero-order valence-electron chi connectivity index (χ0n) is 13.4. The summed E-state index contributed by atoms with van der Waals surface area (Å²) >= 11 is 0. The van der Waals surface area contributed by atoms with E-state index in [1.54, 1.807) is 13.0 Å². The highest BCUT2D eigenvalue weighted by molar-refractivity contribution is 5.74. The van der Waals surface area contributed by atoms with Crippen LogP contribution in [0.3, 0.4) is 0 Å². The quantitative estimate of drug-likeness (QED) is 0.870. The zero-order chi connectivity index (χ0) is 17.8. The van der Waals surface area contributed by atoms with Crippen LogP contribution in [0.1, 0.15) is 24.1 Å². The van der Waals surface area contributed by atoms with Gasteiger partial charge in [-0.05, 0) is 19.9 Å². The Hall–Kier alpha value is -1.96. The Bertz CT molecular complexity index is 549. The van der Waals surface area contributed by atoms with E-state index in [-0.39, 0.29) is 0 Å². The van der Waals surface area contributed by atoms with Gasteiger partial charge >= 0.3 is 12.2 Å². The van der Waals surface area contributed by atoms with Crippen molar-refractivity contribution in [2.45, 2.75) is 32.2 Å². The summed E-state index contributed by atoms with van der Waals surface area (Å²) in [5.74, 6) is 0.571. The molecule has 0 aliphatic heterocycles. The van der Waals surface area contributed by atoms with E-state index < -0.39 is 30.9 Å². The van der Waals surface area contributed by atoms with Gasteiger partial charge in [0, 0.05) is 12.6 Å². The predicted octanol–water partition coefficient (Wildman–Crippen LogP) is 2.63. The molecule has 0 bridgehead atoms. The summed E-state index contributed by atoms with van der Waals surface area (Å²) in [6.45, 7) is 2.74. The number of ether oxygens (including phenoxy) is 1. The fourth-order valence-corrected chi connectivity index (χ4v) is 2.01. The number of nitrogens with zero attached hydrogens (tertiary/aromatic N) is 1. The molecule has 0 heterocycles. The number of aryl methyl sites for hydroxylation is 1. The standard InChI is InChI=1S/C15H21F3N2O3/c1-9-5-6-12(23-4)11(7-9)10(2)19-14(22)20(3)8-13(21)15(16,17)18/h5-7,10,13,21H,8H2,1-4H3,(H,19,22)/t10-,13-/m0/s1. The highest BCUT2D eigenvalue weighted by Gasteiger charge is 2.39. The van der Waals surface area contributed by atoms with Crippen LogP contribution < -0.4 is 10.1 Å². The average molecular weight is 334 g/mol. The van der Waals surface area contributed by atoms with Crippen molar-refractivity contribution in [2.24, 2.45) is 0 Å². The predicted molar refractivity (Wildman–Crippen MR) is 79.4 cm³/mol. The van der Waals surface area contributed by atoms with E-state index in [4.69, 9.17) is 9.84 Å². The molecule has 1 rings (SSSR count). The fraction of sp³-hybridized carbons (Fsp3) is 0.533. The van der Waals surface area contributed by atoms with Crippen LogP contribution in [0, 0.1) is 6.92 Å². The summed E-state index contributed by atoms with van der Waals surface area (Å²) in [7, 11) is 2.68. The van der Waals surface area contributed by atoms with Crippen LogP contribution >= 0.6 is 0 Å². The summed E-state index contributed by atoms with van der Waals surface area (Å²) in [6, 6.07) is 4.24. The third-order valence-corrected chi connectivity index (χ3v) is 3.36. The number of rotatable bonds is 5. The maximum absolute atomic E-state index is 12.3. The second-order valence-electron chi connectivity index (χ2n) is 5.35. The molecule has 2 atom stereocenters. The first kappa shape index (κ1) is 19.1. The molecule has 130 valence electrons. The molecule has 8 heteroatoms. The van der Waals surface area contributed by atoms with Gasteiger partial charge in [0.25, 0.3) is 0 Å². The van der Waals surface area contributed by atoms with Gasteiger partial charge in [-0.3, -0.25) is 0 Å². The first-order chi connectivity index (χ1) is 10.6. The van der Waals surface area contributed by atoms with Crippen LogP contribution in [0.15, 0.2) is 18.2 Å². The number of benzene rings is 1. The lowest BCUT2D eigenvalue weighted by molar-refractivity contribution is -0.205. The van der Waals surface area contributed by atoms with E-state index >= 15 is 0 Å². The molecular formula is C15H21F3N2O3. The number of halogens is 3. The summed E-state index contributed by atoms with van der Waals surface area (Å²) < 4.78 is 42.2. The highest BCUT2D eigenvalue weighted by Crippen LogP contribution is 2.26. The van der Waals surface area contributed by atoms with Gasteiger partial charge in [-0.15, -0.1) is 0 Å². The summed E-state index contributed by atoms with van der Waals surface area (Å²) in [6.07, 6.45) is -7.35. The second-order valence-corrected chi connectivity index (χ2v) is 5.35. The Morgan fingerprint density at radius 2 is 2.04 bits per heavy atom. The van der Waals surface area contributed by atoms with Gasteiger partial charge in [0.1, 0.15) is 5.75 Å². The number of aliphatic hydroxyl groups excluding tert-OH is 1. The smallest absolute Gasteiger partial charge is 0.416 e. The lowest BCUT2D eigenvalue weighted by atomic mass is 10.0. The molecule has 0 saturated heterocycles. The minimum Gasteiger partial charge on any atom is -0.496 e. The van der Waals surface area contributed by atoms with Crippen molar-refractivity contribution in [3.05, 3.63) is 29.3 Å².